The fraction of sp³-hybridized carbons (Fsp3) is 0.167. The Morgan fingerprint density at radius 2 is 1.20 bits per heavy atom. The van der Waals surface area contributed by atoms with Crippen molar-refractivity contribution in [2.75, 3.05) is 33.2 Å². The number of carboxylic acids is 1. The first-order valence-corrected chi connectivity index (χ1v) is 15.8. The van der Waals surface area contributed by atoms with Crippen molar-refractivity contribution in [3.63, 3.8) is 0 Å². The second-order valence-electron chi connectivity index (χ2n) is 11.8. The molecule has 3 saturated heterocycles. The number of nitrogens with one attached hydrogen (secondary N) is 4. The first-order chi connectivity index (χ1) is 24.5. The van der Waals surface area contributed by atoms with Gasteiger partial charge in [-0.1, -0.05) is 24.3 Å². The van der Waals surface area contributed by atoms with Gasteiger partial charge in [-0.25, -0.2) is 14.4 Å². The van der Waals surface area contributed by atoms with Gasteiger partial charge in [0, 0.05) is 48.5 Å². The zero-order valence-electron chi connectivity index (χ0n) is 27.2. The second kappa shape index (κ2) is 14.8. The third-order valence-corrected chi connectivity index (χ3v) is 8.06. The molecular formula is C36H32N6O9. The number of hydrogen-bond donors (Lipinski definition) is 5. The zero-order chi connectivity index (χ0) is 36.1. The van der Waals surface area contributed by atoms with Crippen LogP contribution in [0.15, 0.2) is 93.0 Å². The summed E-state index contributed by atoms with van der Waals surface area (Å²) in [5.41, 5.74) is 2.36. The third kappa shape index (κ3) is 8.29. The summed E-state index contributed by atoms with van der Waals surface area (Å²) in [5.74, 6) is -0.212. The molecule has 0 unspecified atom stereocenters. The highest BCUT2D eigenvalue weighted by atomic mass is 16.4. The Bertz CT molecular complexity index is 2110. The molecule has 7 rings (SSSR count). The Balaban J connectivity index is 0.000000183. The molecule has 15 heteroatoms. The van der Waals surface area contributed by atoms with Gasteiger partial charge in [-0.2, -0.15) is 0 Å². The maximum Gasteiger partial charge on any atom is 0.335 e. The van der Waals surface area contributed by atoms with Crippen molar-refractivity contribution in [2.24, 2.45) is 0 Å². The van der Waals surface area contributed by atoms with Crippen LogP contribution in [0, 0.1) is 0 Å². The lowest BCUT2D eigenvalue weighted by Crippen LogP contribution is -2.34. The molecule has 0 radical (unpaired) electrons. The summed E-state index contributed by atoms with van der Waals surface area (Å²) in [6.07, 6.45) is 3.82. The van der Waals surface area contributed by atoms with Crippen molar-refractivity contribution in [3.05, 3.63) is 107 Å². The van der Waals surface area contributed by atoms with E-state index >= 15 is 0 Å². The Morgan fingerprint density at radius 3 is 1.71 bits per heavy atom. The van der Waals surface area contributed by atoms with E-state index in [2.05, 4.69) is 33.2 Å². The number of amides is 7. The van der Waals surface area contributed by atoms with Crippen molar-refractivity contribution in [1.82, 2.24) is 31.1 Å². The highest BCUT2D eigenvalue weighted by Gasteiger charge is 2.25. The number of benzene rings is 2. The molecule has 0 atom stereocenters. The van der Waals surface area contributed by atoms with E-state index in [4.69, 9.17) is 13.9 Å². The summed E-state index contributed by atoms with van der Waals surface area (Å²) < 4.78 is 11.3. The topological polar surface area (TPSA) is 204 Å². The minimum Gasteiger partial charge on any atom is -0.478 e. The van der Waals surface area contributed by atoms with Crippen LogP contribution in [0.4, 0.5) is 9.59 Å². The maximum absolute atomic E-state index is 12.9. The van der Waals surface area contributed by atoms with Gasteiger partial charge in [0.2, 0.25) is 0 Å². The lowest BCUT2D eigenvalue weighted by atomic mass is 10.1. The summed E-state index contributed by atoms with van der Waals surface area (Å²) in [6, 6.07) is 19.2. The Labute approximate surface area is 290 Å². The molecular weight excluding hydrogens is 660 g/mol. The average Bonchev–Trinajstić information content (AvgIpc) is 3.88. The highest BCUT2D eigenvalue weighted by molar-refractivity contribution is 6.14. The molecule has 0 bridgehead atoms. The monoisotopic (exact) mass is 692 g/mol. The molecule has 15 nitrogen and oxygen atoms in total. The Kier molecular flexibility index (Phi) is 9.90. The average molecular weight is 693 g/mol. The molecule has 260 valence electrons. The van der Waals surface area contributed by atoms with Crippen molar-refractivity contribution in [1.29, 1.82) is 0 Å². The summed E-state index contributed by atoms with van der Waals surface area (Å²) in [4.78, 5) is 73.3. The van der Waals surface area contributed by atoms with Crippen LogP contribution in [0.2, 0.25) is 0 Å². The van der Waals surface area contributed by atoms with Crippen LogP contribution in [0.3, 0.4) is 0 Å². The smallest absolute Gasteiger partial charge is 0.335 e. The van der Waals surface area contributed by atoms with Gasteiger partial charge in [0.1, 0.15) is 34.4 Å². The lowest BCUT2D eigenvalue weighted by Gasteiger charge is -2.20. The predicted octanol–water partition coefficient (Wildman–Crippen LogP) is 3.73. The number of nitrogens with zero attached hydrogens (tertiary/aromatic N) is 2. The molecule has 0 spiro atoms. The van der Waals surface area contributed by atoms with Crippen molar-refractivity contribution in [3.8, 4) is 22.6 Å². The van der Waals surface area contributed by atoms with E-state index in [1.165, 1.54) is 24.3 Å². The first-order valence-electron chi connectivity index (χ1n) is 15.8. The zero-order valence-corrected chi connectivity index (χ0v) is 27.2. The maximum atomic E-state index is 12.9. The van der Waals surface area contributed by atoms with E-state index < -0.39 is 29.8 Å². The molecule has 5 heterocycles. The Hall–Kier alpha value is -6.74. The standard InChI is InChI=1S/C21H22N4O4.C15H10N2O5/c1-24-8-3-9-25(11-10-24)20(27)15-5-2-4-14(12-15)18-7-6-16(29-18)13-17-19(26)23-21(28)22-17;18-13-11(16-15(21)17-13)7-10-4-5-12(22-10)8-2-1-3-9(6-8)14(19)20/h2,4-7,12-13H,3,8-11H2,1H3,(H2,22,23,26,28);1-7H,(H,19,20)(H2,16,17,18,21)/b17-13-;11-7-. The molecule has 7 amide bonds. The largest absolute Gasteiger partial charge is 0.478 e. The van der Waals surface area contributed by atoms with Gasteiger partial charge in [-0.3, -0.25) is 25.0 Å². The third-order valence-electron chi connectivity index (χ3n) is 8.06. The van der Waals surface area contributed by atoms with Crippen molar-refractivity contribution >= 4 is 47.9 Å². The van der Waals surface area contributed by atoms with E-state index in [1.807, 2.05) is 29.2 Å². The van der Waals surface area contributed by atoms with Gasteiger partial charge in [0.25, 0.3) is 17.7 Å². The highest BCUT2D eigenvalue weighted by Crippen LogP contribution is 2.26. The second-order valence-corrected chi connectivity index (χ2v) is 11.8. The number of likely N-dealkylation sites (N-methyl/N-ethyl adjacent to an activating group) is 1. The van der Waals surface area contributed by atoms with E-state index in [1.54, 1.807) is 36.4 Å². The fourth-order valence-electron chi connectivity index (χ4n) is 5.46. The van der Waals surface area contributed by atoms with Gasteiger partial charge in [0.15, 0.2) is 0 Å². The summed E-state index contributed by atoms with van der Waals surface area (Å²) in [6.45, 7) is 3.32. The quantitative estimate of drug-likeness (QED) is 0.146. The molecule has 51 heavy (non-hydrogen) atoms. The number of hydrogen-bond acceptors (Lipinski definition) is 9. The SMILES string of the molecule is CN1CCCN(C(=O)c2cccc(-c3ccc(/C=C4\NC(=O)NC4=O)o3)c2)CC1.O=C1NC(=O)/C(=C/c2ccc(-c3cccc(C(=O)O)c3)o2)N1. The number of urea groups is 2. The minimum absolute atomic E-state index is 0.0152. The van der Waals surface area contributed by atoms with E-state index in [9.17, 15) is 28.8 Å². The number of aromatic carboxylic acids is 1. The molecule has 4 aromatic rings. The number of imide groups is 2. The number of furan rings is 2. The van der Waals surface area contributed by atoms with E-state index in [0.717, 1.165) is 31.6 Å². The lowest BCUT2D eigenvalue weighted by molar-refractivity contribution is -0.116. The molecule has 5 N–H and O–H groups in total. The number of rotatable bonds is 6. The van der Waals surface area contributed by atoms with Crippen LogP contribution in [-0.2, 0) is 9.59 Å². The molecule has 0 aliphatic carbocycles. The minimum atomic E-state index is -1.03. The Morgan fingerprint density at radius 1 is 0.667 bits per heavy atom. The van der Waals surface area contributed by atoms with Gasteiger partial charge in [0.05, 0.1) is 5.56 Å². The first kappa shape index (κ1) is 34.1. The normalized spacial score (nSPS) is 17.7. The van der Waals surface area contributed by atoms with Gasteiger partial charge >= 0.3 is 18.0 Å². The van der Waals surface area contributed by atoms with E-state index in [-0.39, 0.29) is 22.9 Å². The van der Waals surface area contributed by atoms with Crippen LogP contribution in [-0.4, -0.2) is 83.9 Å². The summed E-state index contributed by atoms with van der Waals surface area (Å²) >= 11 is 0. The van der Waals surface area contributed by atoms with Crippen molar-refractivity contribution < 1.29 is 42.7 Å². The molecule has 3 fully saturated rings. The van der Waals surface area contributed by atoms with Crippen LogP contribution < -0.4 is 21.3 Å². The molecule has 0 saturated carbocycles. The molecule has 2 aromatic carbocycles. The molecule has 3 aliphatic rings. The van der Waals surface area contributed by atoms with Crippen molar-refractivity contribution in [2.45, 2.75) is 6.42 Å². The van der Waals surface area contributed by atoms with Gasteiger partial charge in [-0.05, 0) is 68.5 Å². The summed E-state index contributed by atoms with van der Waals surface area (Å²) in [7, 11) is 2.07. The molecule has 2 aromatic heterocycles. The molecule has 3 aliphatic heterocycles. The van der Waals surface area contributed by atoms with Gasteiger partial charge < -0.3 is 34.4 Å². The van der Waals surface area contributed by atoms with Crippen LogP contribution in [0.5, 0.6) is 0 Å². The number of carbonyl (C=O) groups excluding carboxylic acids is 5. The summed E-state index contributed by atoms with van der Waals surface area (Å²) in [5, 5.41) is 18.0. The number of carbonyl (C=O) groups is 6. The van der Waals surface area contributed by atoms with Crippen LogP contribution >= 0.6 is 0 Å². The van der Waals surface area contributed by atoms with Crippen LogP contribution in [0.25, 0.3) is 34.8 Å². The fourth-order valence-corrected chi connectivity index (χ4v) is 5.46. The number of carboxylic acid groups (broad SMARTS) is 1. The van der Waals surface area contributed by atoms with Gasteiger partial charge in [-0.15, -0.1) is 0 Å². The van der Waals surface area contributed by atoms with Crippen LogP contribution in [0.1, 0.15) is 38.7 Å². The predicted molar refractivity (Wildman–Crippen MR) is 183 cm³/mol. The van der Waals surface area contributed by atoms with E-state index in [0.29, 0.717) is 40.7 Å².